The second kappa shape index (κ2) is 6.50. The molecule has 1 N–H and O–H groups in total. The number of hydrogen-bond donors (Lipinski definition) is 1. The predicted octanol–water partition coefficient (Wildman–Crippen LogP) is 2.55. The smallest absolute Gasteiger partial charge is 0.264 e. The molecule has 1 heterocycles. The van der Waals surface area contributed by atoms with Gasteiger partial charge >= 0.3 is 0 Å². The molecule has 5 nitrogen and oxygen atoms in total. The summed E-state index contributed by atoms with van der Waals surface area (Å²) in [5.41, 5.74) is -0.0283. The number of carbonyl (C=O) groups excluding carboxylic acids is 2. The standard InChI is InChI=1S/C19H19ClN2O3/c1-21(2)17(23)11-19(25)15-10-14(20)8-9-16(15)22(18(19)24)12-13-6-4-3-5-7-13/h3-10,25H,11-12H2,1-2H3. The van der Waals surface area contributed by atoms with Crippen LogP contribution in [0.2, 0.25) is 5.02 Å². The molecule has 6 heteroatoms. The fraction of sp³-hybridized carbons (Fsp3) is 0.263. The van der Waals surface area contributed by atoms with Crippen LogP contribution in [0.3, 0.4) is 0 Å². The average Bonchev–Trinajstić information content (AvgIpc) is 2.77. The van der Waals surface area contributed by atoms with Gasteiger partial charge in [0.05, 0.1) is 18.7 Å². The van der Waals surface area contributed by atoms with Crippen LogP contribution in [-0.4, -0.2) is 35.9 Å². The number of carbonyl (C=O) groups is 2. The Morgan fingerprint density at radius 3 is 2.52 bits per heavy atom. The maximum atomic E-state index is 13.0. The first kappa shape index (κ1) is 17.5. The van der Waals surface area contributed by atoms with E-state index in [4.69, 9.17) is 11.6 Å². The Morgan fingerprint density at radius 2 is 1.88 bits per heavy atom. The largest absolute Gasteiger partial charge is 0.375 e. The first-order valence-electron chi connectivity index (χ1n) is 7.91. The lowest BCUT2D eigenvalue weighted by molar-refractivity contribution is -0.145. The number of halogens is 1. The van der Waals surface area contributed by atoms with Gasteiger partial charge in [-0.05, 0) is 23.8 Å². The molecule has 1 aliphatic heterocycles. The Bertz CT molecular complexity index is 823. The minimum atomic E-state index is -1.91. The third kappa shape index (κ3) is 3.13. The third-order valence-corrected chi connectivity index (χ3v) is 4.62. The van der Waals surface area contributed by atoms with Gasteiger partial charge in [0.25, 0.3) is 5.91 Å². The molecule has 0 aliphatic carbocycles. The van der Waals surface area contributed by atoms with Gasteiger partial charge in [-0.3, -0.25) is 9.59 Å². The van der Waals surface area contributed by atoms with E-state index in [2.05, 4.69) is 0 Å². The average molecular weight is 359 g/mol. The molecule has 2 amide bonds. The highest BCUT2D eigenvalue weighted by Crippen LogP contribution is 2.44. The van der Waals surface area contributed by atoms with Gasteiger partial charge in [0, 0.05) is 24.7 Å². The summed E-state index contributed by atoms with van der Waals surface area (Å²) in [6.07, 6.45) is -0.322. The molecule has 1 unspecified atom stereocenters. The van der Waals surface area contributed by atoms with Crippen molar-refractivity contribution in [1.29, 1.82) is 0 Å². The van der Waals surface area contributed by atoms with E-state index in [-0.39, 0.29) is 12.3 Å². The van der Waals surface area contributed by atoms with Crippen molar-refractivity contribution in [1.82, 2.24) is 4.90 Å². The number of anilines is 1. The molecule has 0 aromatic heterocycles. The summed E-state index contributed by atoms with van der Waals surface area (Å²) < 4.78 is 0. The van der Waals surface area contributed by atoms with E-state index in [1.54, 1.807) is 32.3 Å². The molecular weight excluding hydrogens is 340 g/mol. The van der Waals surface area contributed by atoms with Gasteiger partial charge in [-0.2, -0.15) is 0 Å². The van der Waals surface area contributed by atoms with E-state index in [9.17, 15) is 14.7 Å². The maximum absolute atomic E-state index is 13.0. The van der Waals surface area contributed by atoms with Crippen LogP contribution in [-0.2, 0) is 21.7 Å². The summed E-state index contributed by atoms with van der Waals surface area (Å²) in [6.45, 7) is 0.312. The summed E-state index contributed by atoms with van der Waals surface area (Å²) in [7, 11) is 3.18. The van der Waals surface area contributed by atoms with Crippen LogP contribution in [0.4, 0.5) is 5.69 Å². The highest BCUT2D eigenvalue weighted by molar-refractivity contribution is 6.31. The predicted molar refractivity (Wildman–Crippen MR) is 96.3 cm³/mol. The lowest BCUT2D eigenvalue weighted by Crippen LogP contribution is -2.43. The Hall–Kier alpha value is -2.37. The molecule has 25 heavy (non-hydrogen) atoms. The van der Waals surface area contributed by atoms with Crippen molar-refractivity contribution < 1.29 is 14.7 Å². The van der Waals surface area contributed by atoms with Crippen molar-refractivity contribution >= 4 is 29.1 Å². The van der Waals surface area contributed by atoms with Crippen molar-refractivity contribution in [3.63, 3.8) is 0 Å². The number of aliphatic hydroxyl groups is 1. The Morgan fingerprint density at radius 1 is 1.20 bits per heavy atom. The number of benzene rings is 2. The SMILES string of the molecule is CN(C)C(=O)CC1(O)C(=O)N(Cc2ccccc2)c2ccc(Cl)cc21. The van der Waals surface area contributed by atoms with Gasteiger partial charge in [-0.25, -0.2) is 0 Å². The van der Waals surface area contributed by atoms with Crippen LogP contribution < -0.4 is 4.90 Å². The minimum absolute atomic E-state index is 0.312. The van der Waals surface area contributed by atoms with Crippen molar-refractivity contribution in [3.8, 4) is 0 Å². The molecule has 0 spiro atoms. The van der Waals surface area contributed by atoms with Gasteiger partial charge in [0.1, 0.15) is 0 Å². The molecule has 0 saturated carbocycles. The van der Waals surface area contributed by atoms with E-state index < -0.39 is 11.5 Å². The fourth-order valence-corrected chi connectivity index (χ4v) is 3.17. The van der Waals surface area contributed by atoms with Crippen molar-refractivity contribution in [2.75, 3.05) is 19.0 Å². The number of fused-ring (bicyclic) bond motifs is 1. The van der Waals surface area contributed by atoms with E-state index in [0.29, 0.717) is 22.8 Å². The quantitative estimate of drug-likeness (QED) is 0.913. The lowest BCUT2D eigenvalue weighted by Gasteiger charge is -2.24. The molecule has 2 aromatic carbocycles. The van der Waals surface area contributed by atoms with Crippen molar-refractivity contribution in [2.45, 2.75) is 18.6 Å². The van der Waals surface area contributed by atoms with Crippen LogP contribution >= 0.6 is 11.6 Å². The summed E-state index contributed by atoms with van der Waals surface area (Å²) in [5, 5.41) is 11.5. The number of rotatable bonds is 4. The molecule has 0 fully saturated rings. The van der Waals surface area contributed by atoms with Gasteiger partial charge in [-0.15, -0.1) is 0 Å². The monoisotopic (exact) mass is 358 g/mol. The highest BCUT2D eigenvalue weighted by atomic mass is 35.5. The van der Waals surface area contributed by atoms with Crippen LogP contribution in [0.25, 0.3) is 0 Å². The molecule has 130 valence electrons. The Kier molecular flexibility index (Phi) is 4.54. The maximum Gasteiger partial charge on any atom is 0.264 e. The molecule has 1 atom stereocenters. The first-order chi connectivity index (χ1) is 11.8. The fourth-order valence-electron chi connectivity index (χ4n) is 2.99. The molecular formula is C19H19ClN2O3. The second-order valence-corrected chi connectivity index (χ2v) is 6.80. The lowest BCUT2D eigenvalue weighted by atomic mass is 9.91. The summed E-state index contributed by atoms with van der Waals surface area (Å²) in [4.78, 5) is 28.1. The van der Waals surface area contributed by atoms with Crippen molar-refractivity contribution in [2.24, 2.45) is 0 Å². The van der Waals surface area contributed by atoms with E-state index >= 15 is 0 Å². The summed E-state index contributed by atoms with van der Waals surface area (Å²) >= 11 is 6.07. The molecule has 3 rings (SSSR count). The number of nitrogens with zero attached hydrogens (tertiary/aromatic N) is 2. The van der Waals surface area contributed by atoms with E-state index in [1.165, 1.54) is 9.80 Å². The molecule has 0 radical (unpaired) electrons. The molecule has 2 aromatic rings. The van der Waals surface area contributed by atoms with Gasteiger partial charge in [0.15, 0.2) is 5.60 Å². The van der Waals surface area contributed by atoms with Crippen LogP contribution in [0, 0.1) is 0 Å². The highest BCUT2D eigenvalue weighted by Gasteiger charge is 2.51. The Labute approximate surface area is 151 Å². The van der Waals surface area contributed by atoms with E-state index in [1.807, 2.05) is 30.3 Å². The summed E-state index contributed by atoms with van der Waals surface area (Å²) in [6, 6.07) is 14.4. The van der Waals surface area contributed by atoms with Crippen LogP contribution in [0.5, 0.6) is 0 Å². The zero-order valence-corrected chi connectivity index (χ0v) is 14.8. The normalized spacial score (nSPS) is 19.0. The van der Waals surface area contributed by atoms with Crippen molar-refractivity contribution in [3.05, 3.63) is 64.7 Å². The second-order valence-electron chi connectivity index (χ2n) is 6.36. The molecule has 1 aliphatic rings. The van der Waals surface area contributed by atoms with Gasteiger partial charge < -0.3 is 14.9 Å². The zero-order chi connectivity index (χ0) is 18.2. The van der Waals surface area contributed by atoms with Crippen LogP contribution in [0.1, 0.15) is 17.5 Å². The van der Waals surface area contributed by atoms with Gasteiger partial charge in [-0.1, -0.05) is 41.9 Å². The summed E-state index contributed by atoms with van der Waals surface area (Å²) in [5.74, 6) is -0.841. The number of hydrogen-bond acceptors (Lipinski definition) is 3. The number of amides is 2. The Balaban J connectivity index is 2.03. The topological polar surface area (TPSA) is 60.9 Å². The molecule has 0 bridgehead atoms. The van der Waals surface area contributed by atoms with E-state index in [0.717, 1.165) is 5.56 Å². The molecule has 0 saturated heterocycles. The first-order valence-corrected chi connectivity index (χ1v) is 8.29. The minimum Gasteiger partial charge on any atom is -0.375 e. The van der Waals surface area contributed by atoms with Gasteiger partial charge in [0.2, 0.25) is 5.91 Å². The van der Waals surface area contributed by atoms with Crippen LogP contribution in [0.15, 0.2) is 48.5 Å². The zero-order valence-electron chi connectivity index (χ0n) is 14.1. The third-order valence-electron chi connectivity index (χ3n) is 4.38.